The maximum absolute atomic E-state index is 9.75. The molecule has 1 atom stereocenters. The summed E-state index contributed by atoms with van der Waals surface area (Å²) in [5.74, 6) is 0.923. The number of hydrogen-bond donors (Lipinski definition) is 1. The Kier molecular flexibility index (Phi) is 2.63. The van der Waals surface area contributed by atoms with Gasteiger partial charge >= 0.3 is 0 Å². The fourth-order valence-electron chi connectivity index (χ4n) is 1.82. The monoisotopic (exact) mass is 200 g/mol. The van der Waals surface area contributed by atoms with E-state index in [-0.39, 0.29) is 0 Å². The van der Waals surface area contributed by atoms with Crippen LogP contribution in [0.3, 0.4) is 0 Å². The summed E-state index contributed by atoms with van der Waals surface area (Å²) in [4.78, 5) is 0. The molecule has 0 fully saturated rings. The van der Waals surface area contributed by atoms with Crippen LogP contribution < -0.4 is 0 Å². The number of rotatable bonds is 2. The number of phenolic OH excluding ortho intramolecular Hbond substituents is 1. The fraction of sp³-hybridized carbons (Fsp3) is 0.286. The quantitative estimate of drug-likeness (QED) is 0.775. The van der Waals surface area contributed by atoms with Gasteiger partial charge in [-0.15, -0.1) is 0 Å². The number of phenols is 1. The summed E-state index contributed by atoms with van der Waals surface area (Å²) in [5, 5.41) is 11.8. The third kappa shape index (κ3) is 1.82. The zero-order chi connectivity index (χ0) is 10.8. The van der Waals surface area contributed by atoms with Crippen LogP contribution in [-0.2, 0) is 0 Å². The lowest BCUT2D eigenvalue weighted by molar-refractivity contribution is 0.481. The van der Waals surface area contributed by atoms with Crippen LogP contribution in [0, 0.1) is 0 Å². The molecule has 2 rings (SSSR count). The maximum atomic E-state index is 9.75. The number of benzene rings is 2. The van der Waals surface area contributed by atoms with E-state index in [1.54, 1.807) is 6.07 Å². The molecule has 2 aromatic carbocycles. The minimum Gasteiger partial charge on any atom is -0.507 e. The Bertz CT molecular complexity index is 474. The Balaban J connectivity index is 2.59. The fourth-order valence-corrected chi connectivity index (χ4v) is 1.82. The third-order valence-corrected chi connectivity index (χ3v) is 3.06. The summed E-state index contributed by atoms with van der Waals surface area (Å²) in [5.41, 5.74) is 1.30. The van der Waals surface area contributed by atoms with E-state index < -0.39 is 0 Å². The molecule has 1 nitrogen and oxygen atoms in total. The molecular formula is C14H16O. The van der Waals surface area contributed by atoms with Crippen molar-refractivity contribution in [3.8, 4) is 5.75 Å². The van der Waals surface area contributed by atoms with Crippen molar-refractivity contribution in [3.63, 3.8) is 0 Å². The Morgan fingerprint density at radius 1 is 1.20 bits per heavy atom. The molecule has 0 aliphatic heterocycles. The Morgan fingerprint density at radius 3 is 2.73 bits per heavy atom. The van der Waals surface area contributed by atoms with Crippen molar-refractivity contribution >= 4 is 10.8 Å². The summed E-state index contributed by atoms with van der Waals surface area (Å²) in [7, 11) is 0. The van der Waals surface area contributed by atoms with E-state index in [9.17, 15) is 5.11 Å². The molecule has 0 saturated heterocycles. The van der Waals surface area contributed by atoms with Crippen LogP contribution in [0.1, 0.15) is 31.7 Å². The third-order valence-electron chi connectivity index (χ3n) is 3.06. The topological polar surface area (TPSA) is 20.2 Å². The van der Waals surface area contributed by atoms with E-state index in [2.05, 4.69) is 32.0 Å². The average Bonchev–Trinajstić information content (AvgIpc) is 2.28. The Morgan fingerprint density at radius 2 is 2.00 bits per heavy atom. The zero-order valence-corrected chi connectivity index (χ0v) is 9.20. The first-order valence-electron chi connectivity index (χ1n) is 5.44. The van der Waals surface area contributed by atoms with Crippen LogP contribution in [-0.4, -0.2) is 5.11 Å². The summed E-state index contributed by atoms with van der Waals surface area (Å²) < 4.78 is 0. The molecule has 0 radical (unpaired) electrons. The van der Waals surface area contributed by atoms with Gasteiger partial charge in [0.05, 0.1) is 0 Å². The molecule has 0 amide bonds. The van der Waals surface area contributed by atoms with Crippen molar-refractivity contribution < 1.29 is 5.11 Å². The molecule has 0 aromatic heterocycles. The molecular weight excluding hydrogens is 184 g/mol. The van der Waals surface area contributed by atoms with Crippen molar-refractivity contribution in [2.75, 3.05) is 0 Å². The zero-order valence-electron chi connectivity index (χ0n) is 9.20. The van der Waals surface area contributed by atoms with E-state index in [0.29, 0.717) is 11.7 Å². The van der Waals surface area contributed by atoms with Crippen molar-refractivity contribution in [3.05, 3.63) is 42.0 Å². The molecule has 0 aliphatic rings. The second-order valence-corrected chi connectivity index (χ2v) is 4.07. The maximum Gasteiger partial charge on any atom is 0.123 e. The highest BCUT2D eigenvalue weighted by Gasteiger charge is 2.05. The van der Waals surface area contributed by atoms with E-state index in [4.69, 9.17) is 0 Å². The van der Waals surface area contributed by atoms with Gasteiger partial charge in [-0.25, -0.2) is 0 Å². The molecule has 1 unspecified atom stereocenters. The summed E-state index contributed by atoms with van der Waals surface area (Å²) in [6.45, 7) is 4.39. The Hall–Kier alpha value is -1.50. The largest absolute Gasteiger partial charge is 0.507 e. The standard InChI is InChI=1S/C14H16O/c1-3-10(2)12-8-7-11-5-4-6-14(15)13(11)9-12/h4-10,15H,3H2,1-2H3. The van der Waals surface area contributed by atoms with Gasteiger partial charge in [0, 0.05) is 5.39 Å². The number of aromatic hydroxyl groups is 1. The minimum absolute atomic E-state index is 0.373. The summed E-state index contributed by atoms with van der Waals surface area (Å²) in [6, 6.07) is 12.0. The van der Waals surface area contributed by atoms with E-state index in [0.717, 1.165) is 17.2 Å². The van der Waals surface area contributed by atoms with Gasteiger partial charge in [-0.3, -0.25) is 0 Å². The number of fused-ring (bicyclic) bond motifs is 1. The predicted molar refractivity (Wildman–Crippen MR) is 64.3 cm³/mol. The highest BCUT2D eigenvalue weighted by atomic mass is 16.3. The summed E-state index contributed by atoms with van der Waals surface area (Å²) >= 11 is 0. The first-order valence-corrected chi connectivity index (χ1v) is 5.44. The molecule has 2 aromatic rings. The second kappa shape index (κ2) is 3.93. The van der Waals surface area contributed by atoms with Gasteiger partial charge < -0.3 is 5.11 Å². The molecule has 0 heterocycles. The van der Waals surface area contributed by atoms with Crippen LogP contribution in [0.15, 0.2) is 36.4 Å². The van der Waals surface area contributed by atoms with Crippen LogP contribution in [0.2, 0.25) is 0 Å². The lowest BCUT2D eigenvalue weighted by Crippen LogP contribution is -1.90. The van der Waals surface area contributed by atoms with Gasteiger partial charge in [0.25, 0.3) is 0 Å². The van der Waals surface area contributed by atoms with Gasteiger partial charge in [-0.05, 0) is 35.4 Å². The smallest absolute Gasteiger partial charge is 0.123 e. The molecule has 15 heavy (non-hydrogen) atoms. The van der Waals surface area contributed by atoms with E-state index in [1.165, 1.54) is 5.56 Å². The molecule has 1 heteroatoms. The van der Waals surface area contributed by atoms with Crippen LogP contribution in [0.4, 0.5) is 0 Å². The first kappa shape index (κ1) is 10.0. The van der Waals surface area contributed by atoms with Crippen molar-refractivity contribution in [1.29, 1.82) is 0 Å². The normalized spacial score (nSPS) is 12.9. The van der Waals surface area contributed by atoms with Gasteiger partial charge in [0.15, 0.2) is 0 Å². The average molecular weight is 200 g/mol. The summed E-state index contributed by atoms with van der Waals surface area (Å²) in [6.07, 6.45) is 1.12. The Labute approximate surface area is 90.4 Å². The molecule has 1 N–H and O–H groups in total. The highest BCUT2D eigenvalue weighted by molar-refractivity contribution is 5.88. The first-order chi connectivity index (χ1) is 7.22. The number of hydrogen-bond acceptors (Lipinski definition) is 1. The van der Waals surface area contributed by atoms with Gasteiger partial charge in [-0.1, -0.05) is 38.1 Å². The van der Waals surface area contributed by atoms with Crippen molar-refractivity contribution in [2.45, 2.75) is 26.2 Å². The van der Waals surface area contributed by atoms with Crippen LogP contribution in [0.5, 0.6) is 5.75 Å². The SMILES string of the molecule is CCC(C)c1ccc2cccc(O)c2c1. The lowest BCUT2D eigenvalue weighted by atomic mass is 9.96. The predicted octanol–water partition coefficient (Wildman–Crippen LogP) is 4.06. The van der Waals surface area contributed by atoms with Gasteiger partial charge in [0.1, 0.15) is 5.75 Å². The second-order valence-electron chi connectivity index (χ2n) is 4.07. The molecule has 0 saturated carbocycles. The van der Waals surface area contributed by atoms with E-state index >= 15 is 0 Å². The van der Waals surface area contributed by atoms with E-state index in [1.807, 2.05) is 12.1 Å². The van der Waals surface area contributed by atoms with Gasteiger partial charge in [0.2, 0.25) is 0 Å². The van der Waals surface area contributed by atoms with Crippen molar-refractivity contribution in [1.82, 2.24) is 0 Å². The van der Waals surface area contributed by atoms with Crippen LogP contribution in [0.25, 0.3) is 10.8 Å². The molecule has 0 spiro atoms. The molecule has 0 bridgehead atoms. The molecule has 0 aliphatic carbocycles. The van der Waals surface area contributed by atoms with Crippen LogP contribution >= 0.6 is 0 Å². The van der Waals surface area contributed by atoms with Gasteiger partial charge in [-0.2, -0.15) is 0 Å². The van der Waals surface area contributed by atoms with Crippen molar-refractivity contribution in [2.24, 2.45) is 0 Å². The minimum atomic E-state index is 0.373. The highest BCUT2D eigenvalue weighted by Crippen LogP contribution is 2.28. The lowest BCUT2D eigenvalue weighted by Gasteiger charge is -2.10. The molecule has 78 valence electrons.